The van der Waals surface area contributed by atoms with Gasteiger partial charge in [-0.3, -0.25) is 0 Å². The zero-order valence-electron chi connectivity index (χ0n) is 8.84. The number of allylic oxidation sites excluding steroid dienone is 4. The van der Waals surface area contributed by atoms with E-state index in [1.54, 1.807) is 0 Å². The summed E-state index contributed by atoms with van der Waals surface area (Å²) in [6, 6.07) is 0. The second-order valence-electron chi connectivity index (χ2n) is 3.95. The minimum Gasteiger partial charge on any atom is -0.0879 e. The van der Waals surface area contributed by atoms with Gasteiger partial charge in [0.05, 0.1) is 0 Å². The minimum absolute atomic E-state index is 0.756. The van der Waals surface area contributed by atoms with Crippen LogP contribution in [0.3, 0.4) is 0 Å². The summed E-state index contributed by atoms with van der Waals surface area (Å²) in [4.78, 5) is 0. The van der Waals surface area contributed by atoms with E-state index in [0.717, 1.165) is 5.92 Å². The van der Waals surface area contributed by atoms with E-state index in [4.69, 9.17) is 0 Å². The Kier molecular flexibility index (Phi) is 5.64. The van der Waals surface area contributed by atoms with Gasteiger partial charge in [-0.25, -0.2) is 0 Å². The van der Waals surface area contributed by atoms with Crippen LogP contribution in [0, 0.1) is 5.92 Å². The lowest BCUT2D eigenvalue weighted by Gasteiger charge is -1.98. The van der Waals surface area contributed by atoms with Gasteiger partial charge in [0, 0.05) is 0 Å². The summed E-state index contributed by atoms with van der Waals surface area (Å²) in [6.45, 7) is 2.26. The van der Waals surface area contributed by atoms with Crippen LogP contribution in [0.2, 0.25) is 0 Å². The maximum atomic E-state index is 2.38. The van der Waals surface area contributed by atoms with Crippen molar-refractivity contribution in [3.63, 3.8) is 0 Å². The topological polar surface area (TPSA) is 0 Å². The molecule has 0 aromatic carbocycles. The summed E-state index contributed by atoms with van der Waals surface area (Å²) in [7, 11) is 0. The Bertz CT molecular complexity index is 165. The van der Waals surface area contributed by atoms with Crippen LogP contribution in [0.5, 0.6) is 0 Å². The van der Waals surface area contributed by atoms with Crippen LogP contribution in [0.1, 0.15) is 51.9 Å². The first-order chi connectivity index (χ1) is 6.43. The van der Waals surface area contributed by atoms with E-state index in [1.807, 2.05) is 0 Å². The number of rotatable bonds is 6. The molecule has 0 bridgehead atoms. The van der Waals surface area contributed by atoms with E-state index >= 15 is 0 Å². The summed E-state index contributed by atoms with van der Waals surface area (Å²) >= 11 is 0. The molecule has 0 aliphatic heterocycles. The molecule has 0 aromatic rings. The molecule has 1 aliphatic rings. The zero-order chi connectivity index (χ0) is 9.36. The molecule has 1 atom stereocenters. The lowest BCUT2D eigenvalue weighted by atomic mass is 10.1. The molecule has 74 valence electrons. The Labute approximate surface area is 82.7 Å². The highest BCUT2D eigenvalue weighted by Crippen LogP contribution is 2.18. The molecule has 0 saturated heterocycles. The van der Waals surface area contributed by atoms with Crippen LogP contribution >= 0.6 is 0 Å². The third-order valence-electron chi connectivity index (χ3n) is 2.66. The quantitative estimate of drug-likeness (QED) is 0.415. The van der Waals surface area contributed by atoms with Crippen molar-refractivity contribution in [2.45, 2.75) is 51.9 Å². The van der Waals surface area contributed by atoms with E-state index in [0.29, 0.717) is 0 Å². The average molecular weight is 178 g/mol. The molecule has 0 aromatic heterocycles. The van der Waals surface area contributed by atoms with Crippen molar-refractivity contribution in [1.82, 2.24) is 0 Å². The van der Waals surface area contributed by atoms with Gasteiger partial charge < -0.3 is 0 Å². The van der Waals surface area contributed by atoms with E-state index in [9.17, 15) is 0 Å². The average Bonchev–Trinajstić information content (AvgIpc) is 2.63. The predicted octanol–water partition coefficient (Wildman–Crippen LogP) is 4.48. The molecule has 0 amide bonds. The van der Waals surface area contributed by atoms with Crippen molar-refractivity contribution in [3.8, 4) is 0 Å². The van der Waals surface area contributed by atoms with Crippen LogP contribution in [0.4, 0.5) is 0 Å². The number of hydrogen-bond donors (Lipinski definition) is 0. The molecule has 13 heavy (non-hydrogen) atoms. The maximum absolute atomic E-state index is 2.38. The molecule has 0 saturated carbocycles. The van der Waals surface area contributed by atoms with Crippen molar-refractivity contribution in [2.24, 2.45) is 5.92 Å². The maximum Gasteiger partial charge on any atom is -0.00506 e. The Balaban J connectivity index is 1.95. The first kappa shape index (κ1) is 10.6. The van der Waals surface area contributed by atoms with Crippen LogP contribution in [0.15, 0.2) is 24.3 Å². The minimum atomic E-state index is 0.756. The fourth-order valence-corrected chi connectivity index (χ4v) is 1.78. The lowest BCUT2D eigenvalue weighted by Crippen LogP contribution is -1.83. The van der Waals surface area contributed by atoms with Crippen LogP contribution in [-0.2, 0) is 0 Å². The molecule has 0 heterocycles. The SMILES string of the molecule is CCCCCC/C=C\C1C=CCC1. The number of hydrogen-bond acceptors (Lipinski definition) is 0. The number of unbranched alkanes of at least 4 members (excludes halogenated alkanes) is 4. The second kappa shape index (κ2) is 6.94. The van der Waals surface area contributed by atoms with E-state index in [1.165, 1.54) is 44.9 Å². The van der Waals surface area contributed by atoms with Gasteiger partial charge in [-0.2, -0.15) is 0 Å². The summed E-state index contributed by atoms with van der Waals surface area (Å²) in [5.74, 6) is 0.756. The van der Waals surface area contributed by atoms with Crippen molar-refractivity contribution in [2.75, 3.05) is 0 Å². The van der Waals surface area contributed by atoms with Crippen molar-refractivity contribution in [3.05, 3.63) is 24.3 Å². The Morgan fingerprint density at radius 3 is 2.92 bits per heavy atom. The molecule has 0 fully saturated rings. The fraction of sp³-hybridized carbons (Fsp3) is 0.692. The lowest BCUT2D eigenvalue weighted by molar-refractivity contribution is 0.671. The van der Waals surface area contributed by atoms with Crippen molar-refractivity contribution in [1.29, 1.82) is 0 Å². The van der Waals surface area contributed by atoms with Crippen LogP contribution < -0.4 is 0 Å². The molecular weight excluding hydrogens is 156 g/mol. The fourth-order valence-electron chi connectivity index (χ4n) is 1.78. The van der Waals surface area contributed by atoms with Gasteiger partial charge in [-0.1, -0.05) is 50.5 Å². The van der Waals surface area contributed by atoms with Crippen LogP contribution in [-0.4, -0.2) is 0 Å². The Morgan fingerprint density at radius 2 is 2.23 bits per heavy atom. The predicted molar refractivity (Wildman–Crippen MR) is 59.8 cm³/mol. The van der Waals surface area contributed by atoms with Gasteiger partial charge in [0.1, 0.15) is 0 Å². The highest BCUT2D eigenvalue weighted by Gasteiger charge is 2.03. The van der Waals surface area contributed by atoms with Gasteiger partial charge in [0.15, 0.2) is 0 Å². The van der Waals surface area contributed by atoms with Gasteiger partial charge in [0.2, 0.25) is 0 Å². The highest BCUT2D eigenvalue weighted by molar-refractivity contribution is 5.05. The molecular formula is C13H22. The molecule has 0 heteroatoms. The van der Waals surface area contributed by atoms with E-state index in [-0.39, 0.29) is 0 Å². The first-order valence-electron chi connectivity index (χ1n) is 5.77. The molecule has 1 unspecified atom stereocenters. The second-order valence-corrected chi connectivity index (χ2v) is 3.95. The molecule has 0 spiro atoms. The Morgan fingerprint density at radius 1 is 1.31 bits per heavy atom. The third kappa shape index (κ3) is 4.92. The van der Waals surface area contributed by atoms with Crippen molar-refractivity contribution >= 4 is 0 Å². The Hall–Kier alpha value is -0.520. The van der Waals surface area contributed by atoms with Gasteiger partial charge in [-0.05, 0) is 31.6 Å². The third-order valence-corrected chi connectivity index (χ3v) is 2.66. The van der Waals surface area contributed by atoms with Gasteiger partial charge in [0.25, 0.3) is 0 Å². The summed E-state index contributed by atoms with van der Waals surface area (Å²) in [5, 5.41) is 0. The largest absolute Gasteiger partial charge is 0.0879 e. The zero-order valence-corrected chi connectivity index (χ0v) is 8.84. The normalized spacial score (nSPS) is 21.8. The molecule has 1 rings (SSSR count). The smallest absolute Gasteiger partial charge is 0.00506 e. The van der Waals surface area contributed by atoms with Gasteiger partial charge >= 0.3 is 0 Å². The van der Waals surface area contributed by atoms with Gasteiger partial charge in [-0.15, -0.1) is 0 Å². The summed E-state index contributed by atoms with van der Waals surface area (Å²) in [5.41, 5.74) is 0. The summed E-state index contributed by atoms with van der Waals surface area (Å²) < 4.78 is 0. The first-order valence-corrected chi connectivity index (χ1v) is 5.77. The highest BCUT2D eigenvalue weighted by atomic mass is 14.1. The monoisotopic (exact) mass is 178 g/mol. The van der Waals surface area contributed by atoms with Crippen LogP contribution in [0.25, 0.3) is 0 Å². The molecule has 0 N–H and O–H groups in total. The van der Waals surface area contributed by atoms with Crippen molar-refractivity contribution < 1.29 is 0 Å². The molecule has 0 radical (unpaired) electrons. The summed E-state index contributed by atoms with van der Waals surface area (Å²) in [6.07, 6.45) is 18.8. The molecule has 1 aliphatic carbocycles. The van der Waals surface area contributed by atoms with E-state index in [2.05, 4.69) is 31.2 Å². The van der Waals surface area contributed by atoms with E-state index < -0.39 is 0 Å². The molecule has 0 nitrogen and oxygen atoms in total. The standard InChI is InChI=1S/C13H22/c1-2-3-4-5-6-7-10-13-11-8-9-12-13/h7-8,10-11,13H,2-6,9,12H2,1H3/b10-7-.